The fraction of sp³-hybridized carbons (Fsp3) is 1.00. The molecule has 1 heterocycles. The summed E-state index contributed by atoms with van der Waals surface area (Å²) in [6.07, 6.45) is 7.68. The number of hydrogen-bond donors (Lipinski definition) is 0. The predicted octanol–water partition coefficient (Wildman–Crippen LogP) is 2.28. The largest absolute Gasteiger partial charge is 0.350 e. The minimum atomic E-state index is 0.109. The molecule has 0 aromatic carbocycles. The second-order valence-corrected chi connectivity index (χ2v) is 4.91. The van der Waals surface area contributed by atoms with Gasteiger partial charge in [-0.3, -0.25) is 0 Å². The quantitative estimate of drug-likeness (QED) is 0.684. The van der Waals surface area contributed by atoms with E-state index in [1.54, 1.807) is 0 Å². The summed E-state index contributed by atoms with van der Waals surface area (Å²) in [6.45, 7) is 1.59. The van der Waals surface area contributed by atoms with Crippen molar-refractivity contribution in [2.24, 2.45) is 5.92 Å². The molecule has 2 rings (SSSR count). The van der Waals surface area contributed by atoms with E-state index in [1.165, 1.54) is 25.7 Å². The Morgan fingerprint density at radius 2 is 1.77 bits per heavy atom. The fourth-order valence-electron chi connectivity index (χ4n) is 2.35. The molecular formula is C10H18O2S. The Kier molecular flexibility index (Phi) is 3.52. The van der Waals surface area contributed by atoms with E-state index in [0.29, 0.717) is 5.92 Å². The van der Waals surface area contributed by atoms with Crippen molar-refractivity contribution in [2.45, 2.75) is 37.2 Å². The molecule has 0 N–H and O–H groups in total. The summed E-state index contributed by atoms with van der Waals surface area (Å²) < 4.78 is 11.2. The SMILES string of the molecule is CS[C@@H]1CCCC[C@H]1C1OCCO1. The maximum absolute atomic E-state index is 5.59. The van der Waals surface area contributed by atoms with Gasteiger partial charge in [0.05, 0.1) is 13.2 Å². The number of hydrogen-bond acceptors (Lipinski definition) is 3. The molecule has 2 aliphatic rings. The molecule has 1 aliphatic carbocycles. The van der Waals surface area contributed by atoms with Crippen LogP contribution < -0.4 is 0 Å². The number of ether oxygens (including phenoxy) is 2. The summed E-state index contributed by atoms with van der Waals surface area (Å²) in [6, 6.07) is 0. The second-order valence-electron chi connectivity index (χ2n) is 3.83. The zero-order valence-corrected chi connectivity index (χ0v) is 9.02. The lowest BCUT2D eigenvalue weighted by Crippen LogP contribution is -2.33. The Labute approximate surface area is 84.4 Å². The molecule has 0 unspecified atom stereocenters. The molecule has 1 aliphatic heterocycles. The van der Waals surface area contributed by atoms with Crippen molar-refractivity contribution >= 4 is 11.8 Å². The lowest BCUT2D eigenvalue weighted by atomic mass is 9.88. The van der Waals surface area contributed by atoms with Gasteiger partial charge in [0, 0.05) is 11.2 Å². The Morgan fingerprint density at radius 1 is 1.08 bits per heavy atom. The van der Waals surface area contributed by atoms with Gasteiger partial charge in [-0.15, -0.1) is 0 Å². The molecule has 2 nitrogen and oxygen atoms in total. The Bertz CT molecular complexity index is 155. The minimum absolute atomic E-state index is 0.109. The molecule has 0 aromatic heterocycles. The van der Waals surface area contributed by atoms with Gasteiger partial charge in [-0.05, 0) is 19.1 Å². The van der Waals surface area contributed by atoms with Crippen LogP contribution in [0.15, 0.2) is 0 Å². The van der Waals surface area contributed by atoms with Crippen molar-refractivity contribution in [1.29, 1.82) is 0 Å². The van der Waals surface area contributed by atoms with Crippen molar-refractivity contribution in [1.82, 2.24) is 0 Å². The molecule has 76 valence electrons. The van der Waals surface area contributed by atoms with E-state index >= 15 is 0 Å². The molecule has 2 fully saturated rings. The van der Waals surface area contributed by atoms with Crippen molar-refractivity contribution in [3.8, 4) is 0 Å². The summed E-state index contributed by atoms with van der Waals surface area (Å²) >= 11 is 1.98. The highest BCUT2D eigenvalue weighted by Crippen LogP contribution is 2.36. The van der Waals surface area contributed by atoms with Crippen LogP contribution in [0.5, 0.6) is 0 Å². The average molecular weight is 202 g/mol. The summed E-state index contributed by atoms with van der Waals surface area (Å²) in [5.41, 5.74) is 0. The standard InChI is InChI=1S/C10H18O2S/c1-13-9-5-3-2-4-8(9)10-11-6-7-12-10/h8-10H,2-7H2,1H3/t8-,9-/m1/s1. The lowest BCUT2D eigenvalue weighted by Gasteiger charge is -2.33. The maximum atomic E-state index is 5.59. The van der Waals surface area contributed by atoms with Crippen molar-refractivity contribution in [3.05, 3.63) is 0 Å². The summed E-state index contributed by atoms with van der Waals surface area (Å²) in [5, 5.41) is 0.761. The van der Waals surface area contributed by atoms with Crippen LogP contribution in [0.4, 0.5) is 0 Å². The molecule has 0 spiro atoms. The van der Waals surface area contributed by atoms with Gasteiger partial charge in [0.1, 0.15) is 0 Å². The normalized spacial score (nSPS) is 36.7. The first-order valence-electron chi connectivity index (χ1n) is 5.18. The van der Waals surface area contributed by atoms with E-state index in [1.807, 2.05) is 11.8 Å². The monoisotopic (exact) mass is 202 g/mol. The Balaban J connectivity index is 1.93. The van der Waals surface area contributed by atoms with Crippen LogP contribution in [0.2, 0.25) is 0 Å². The smallest absolute Gasteiger partial charge is 0.161 e. The van der Waals surface area contributed by atoms with Gasteiger partial charge in [0.25, 0.3) is 0 Å². The van der Waals surface area contributed by atoms with Gasteiger partial charge in [-0.1, -0.05) is 12.8 Å². The van der Waals surface area contributed by atoms with Crippen molar-refractivity contribution < 1.29 is 9.47 Å². The molecule has 0 radical (unpaired) electrons. The Morgan fingerprint density at radius 3 is 2.46 bits per heavy atom. The second kappa shape index (κ2) is 4.67. The van der Waals surface area contributed by atoms with Gasteiger partial charge in [0.2, 0.25) is 0 Å². The van der Waals surface area contributed by atoms with E-state index in [9.17, 15) is 0 Å². The van der Waals surface area contributed by atoms with Gasteiger partial charge >= 0.3 is 0 Å². The van der Waals surface area contributed by atoms with E-state index in [4.69, 9.17) is 9.47 Å². The first-order valence-corrected chi connectivity index (χ1v) is 6.46. The maximum Gasteiger partial charge on any atom is 0.161 e. The van der Waals surface area contributed by atoms with Crippen LogP contribution in [0.1, 0.15) is 25.7 Å². The van der Waals surface area contributed by atoms with Crippen LogP contribution in [0.3, 0.4) is 0 Å². The zero-order valence-electron chi connectivity index (χ0n) is 8.20. The van der Waals surface area contributed by atoms with Gasteiger partial charge < -0.3 is 9.47 Å². The zero-order chi connectivity index (χ0) is 9.10. The molecule has 0 bridgehead atoms. The average Bonchev–Trinajstić information content (AvgIpc) is 2.70. The lowest BCUT2D eigenvalue weighted by molar-refractivity contribution is -0.0899. The molecule has 1 saturated carbocycles. The Hall–Kier alpha value is 0.270. The van der Waals surface area contributed by atoms with E-state index < -0.39 is 0 Å². The molecule has 2 atom stereocenters. The highest BCUT2D eigenvalue weighted by Gasteiger charge is 2.34. The minimum Gasteiger partial charge on any atom is -0.350 e. The highest BCUT2D eigenvalue weighted by molar-refractivity contribution is 7.99. The van der Waals surface area contributed by atoms with E-state index in [0.717, 1.165) is 18.5 Å². The van der Waals surface area contributed by atoms with Crippen LogP contribution in [0.25, 0.3) is 0 Å². The molecular weight excluding hydrogens is 184 g/mol. The predicted molar refractivity (Wildman–Crippen MR) is 55.0 cm³/mol. The van der Waals surface area contributed by atoms with Gasteiger partial charge in [-0.2, -0.15) is 11.8 Å². The van der Waals surface area contributed by atoms with E-state index in [-0.39, 0.29) is 6.29 Å². The topological polar surface area (TPSA) is 18.5 Å². The van der Waals surface area contributed by atoms with Crippen LogP contribution in [0, 0.1) is 5.92 Å². The van der Waals surface area contributed by atoms with Crippen LogP contribution in [-0.2, 0) is 9.47 Å². The van der Waals surface area contributed by atoms with Crippen LogP contribution >= 0.6 is 11.8 Å². The molecule has 0 amide bonds. The summed E-state index contributed by atoms with van der Waals surface area (Å²) in [4.78, 5) is 0. The third kappa shape index (κ3) is 2.20. The third-order valence-electron chi connectivity index (χ3n) is 3.05. The fourth-order valence-corrected chi connectivity index (χ4v) is 3.37. The summed E-state index contributed by atoms with van der Waals surface area (Å²) in [5.74, 6) is 0.645. The van der Waals surface area contributed by atoms with Crippen LogP contribution in [-0.4, -0.2) is 31.0 Å². The molecule has 3 heteroatoms. The number of thioether (sulfide) groups is 1. The first-order chi connectivity index (χ1) is 6.42. The van der Waals surface area contributed by atoms with Crippen molar-refractivity contribution in [2.75, 3.05) is 19.5 Å². The van der Waals surface area contributed by atoms with Crippen molar-refractivity contribution in [3.63, 3.8) is 0 Å². The highest BCUT2D eigenvalue weighted by atomic mass is 32.2. The number of rotatable bonds is 2. The third-order valence-corrected chi connectivity index (χ3v) is 4.24. The molecule has 13 heavy (non-hydrogen) atoms. The molecule has 0 aromatic rings. The first kappa shape index (κ1) is 9.81. The van der Waals surface area contributed by atoms with E-state index in [2.05, 4.69) is 6.26 Å². The molecule has 1 saturated heterocycles. The van der Waals surface area contributed by atoms with Gasteiger partial charge in [0.15, 0.2) is 6.29 Å². The van der Waals surface area contributed by atoms with Gasteiger partial charge in [-0.25, -0.2) is 0 Å². The summed E-state index contributed by atoms with van der Waals surface area (Å²) in [7, 11) is 0.